The van der Waals surface area contributed by atoms with Crippen molar-refractivity contribution in [3.63, 3.8) is 0 Å². The van der Waals surface area contributed by atoms with Gasteiger partial charge in [-0.15, -0.1) is 0 Å². The number of rotatable bonds is 10. The summed E-state index contributed by atoms with van der Waals surface area (Å²) in [4.78, 5) is 39.0. The second-order valence-electron chi connectivity index (χ2n) is 8.94. The number of hydrogen-bond acceptors (Lipinski definition) is 5. The molecule has 0 N–H and O–H groups in total. The van der Waals surface area contributed by atoms with E-state index in [1.807, 2.05) is 54.8 Å². The summed E-state index contributed by atoms with van der Waals surface area (Å²) in [6, 6.07) is 18.4. The number of Topliss-reactive ketones (excluding diaryl/α,β-unsaturated/α-hetero) is 1. The molecule has 186 valence electrons. The molecule has 0 amide bonds. The van der Waals surface area contributed by atoms with E-state index in [-0.39, 0.29) is 17.0 Å². The van der Waals surface area contributed by atoms with Crippen molar-refractivity contribution in [2.75, 3.05) is 6.61 Å². The summed E-state index contributed by atoms with van der Waals surface area (Å²) in [5.41, 5.74) is 2.97. The van der Waals surface area contributed by atoms with Gasteiger partial charge in [0.15, 0.2) is 12.3 Å². The van der Waals surface area contributed by atoms with Crippen LogP contribution in [0.4, 0.5) is 0 Å². The highest BCUT2D eigenvalue weighted by atomic mass is 16.5. The summed E-state index contributed by atoms with van der Waals surface area (Å²) < 4.78 is 8.76. The van der Waals surface area contributed by atoms with Gasteiger partial charge in [0.25, 0.3) is 5.56 Å². The zero-order valence-electron chi connectivity index (χ0n) is 21.0. The van der Waals surface area contributed by atoms with Crippen LogP contribution in [-0.2, 0) is 11.3 Å². The number of esters is 1. The van der Waals surface area contributed by atoms with Gasteiger partial charge in [0, 0.05) is 34.6 Å². The molecule has 4 aromatic rings. The van der Waals surface area contributed by atoms with E-state index in [1.165, 1.54) is 4.68 Å². The summed E-state index contributed by atoms with van der Waals surface area (Å²) in [5, 5.41) is 5.17. The Kier molecular flexibility index (Phi) is 7.78. The molecule has 0 fully saturated rings. The van der Waals surface area contributed by atoms with Gasteiger partial charge in [-0.2, -0.15) is 5.10 Å². The molecule has 7 heteroatoms. The van der Waals surface area contributed by atoms with E-state index < -0.39 is 12.6 Å². The SMILES string of the molecule is CCCCCCn1nc(C(=O)OCC(=O)c2cc(C)n(-c3ccccc3)c2C)c2ccccc2c1=O. The van der Waals surface area contributed by atoms with Crippen LogP contribution in [-0.4, -0.2) is 32.7 Å². The third kappa shape index (κ3) is 5.15. The monoisotopic (exact) mass is 485 g/mol. The topological polar surface area (TPSA) is 83.2 Å². The quantitative estimate of drug-likeness (QED) is 0.170. The predicted octanol–water partition coefficient (Wildman–Crippen LogP) is 5.42. The maximum atomic E-state index is 13.1. The number of hydrogen-bond donors (Lipinski definition) is 0. The fourth-order valence-electron chi connectivity index (χ4n) is 4.52. The predicted molar refractivity (Wildman–Crippen MR) is 140 cm³/mol. The van der Waals surface area contributed by atoms with Gasteiger partial charge in [-0.25, -0.2) is 9.48 Å². The van der Waals surface area contributed by atoms with Gasteiger partial charge in [0.2, 0.25) is 5.78 Å². The van der Waals surface area contributed by atoms with E-state index >= 15 is 0 Å². The highest BCUT2D eigenvalue weighted by Crippen LogP contribution is 2.21. The summed E-state index contributed by atoms with van der Waals surface area (Å²) in [5.74, 6) is -1.02. The Morgan fingerprint density at radius 2 is 1.61 bits per heavy atom. The van der Waals surface area contributed by atoms with Gasteiger partial charge in [0.05, 0.1) is 5.39 Å². The van der Waals surface area contributed by atoms with E-state index in [2.05, 4.69) is 12.0 Å². The Hall–Kier alpha value is -4.00. The van der Waals surface area contributed by atoms with Crippen molar-refractivity contribution in [1.29, 1.82) is 0 Å². The lowest BCUT2D eigenvalue weighted by atomic mass is 10.1. The lowest BCUT2D eigenvalue weighted by Gasteiger charge is -2.11. The summed E-state index contributed by atoms with van der Waals surface area (Å²) in [6.07, 6.45) is 3.93. The molecule has 36 heavy (non-hydrogen) atoms. The minimum atomic E-state index is -0.723. The first-order chi connectivity index (χ1) is 17.4. The minimum absolute atomic E-state index is 0.0447. The maximum Gasteiger partial charge on any atom is 0.359 e. The Morgan fingerprint density at radius 1 is 0.917 bits per heavy atom. The number of aromatic nitrogens is 3. The van der Waals surface area contributed by atoms with Crippen molar-refractivity contribution in [2.45, 2.75) is 53.0 Å². The molecular weight excluding hydrogens is 454 g/mol. The van der Waals surface area contributed by atoms with Crippen molar-refractivity contribution in [3.05, 3.63) is 93.7 Å². The number of benzene rings is 2. The first-order valence-electron chi connectivity index (χ1n) is 12.4. The lowest BCUT2D eigenvalue weighted by molar-refractivity contribution is 0.0468. The van der Waals surface area contributed by atoms with Gasteiger partial charge >= 0.3 is 5.97 Å². The smallest absolute Gasteiger partial charge is 0.359 e. The molecule has 4 rings (SSSR count). The lowest BCUT2D eigenvalue weighted by Crippen LogP contribution is -2.27. The van der Waals surface area contributed by atoms with Crippen LogP contribution in [0.15, 0.2) is 65.5 Å². The minimum Gasteiger partial charge on any atom is -0.452 e. The molecule has 0 unspecified atom stereocenters. The molecule has 2 heterocycles. The molecule has 0 bridgehead atoms. The molecule has 2 aromatic carbocycles. The summed E-state index contributed by atoms with van der Waals surface area (Å²) in [6.45, 7) is 5.94. The second-order valence-corrected chi connectivity index (χ2v) is 8.94. The van der Waals surface area contributed by atoms with Gasteiger partial charge < -0.3 is 9.30 Å². The third-order valence-electron chi connectivity index (χ3n) is 6.36. The Bertz CT molecular complexity index is 1450. The molecule has 0 saturated carbocycles. The van der Waals surface area contributed by atoms with Crippen molar-refractivity contribution in [3.8, 4) is 5.69 Å². The van der Waals surface area contributed by atoms with E-state index in [0.29, 0.717) is 22.9 Å². The molecule has 0 saturated heterocycles. The third-order valence-corrected chi connectivity index (χ3v) is 6.36. The molecule has 7 nitrogen and oxygen atoms in total. The first-order valence-corrected chi connectivity index (χ1v) is 12.4. The van der Waals surface area contributed by atoms with E-state index in [4.69, 9.17) is 4.74 Å². The van der Waals surface area contributed by atoms with Crippen LogP contribution in [0.2, 0.25) is 0 Å². The number of aryl methyl sites for hydroxylation is 2. The van der Waals surface area contributed by atoms with Gasteiger partial charge in [-0.1, -0.05) is 62.6 Å². The highest BCUT2D eigenvalue weighted by molar-refractivity contribution is 6.04. The number of unbranched alkanes of at least 4 members (excludes halogenated alkanes) is 3. The van der Waals surface area contributed by atoms with Crippen molar-refractivity contribution < 1.29 is 14.3 Å². The zero-order chi connectivity index (χ0) is 25.7. The number of ketones is 1. The molecule has 0 aliphatic heterocycles. The van der Waals surface area contributed by atoms with E-state index in [0.717, 1.165) is 42.8 Å². The number of carbonyl (C=O) groups is 2. The number of ether oxygens (including phenoxy) is 1. The second kappa shape index (κ2) is 11.2. The van der Waals surface area contributed by atoms with Crippen LogP contribution in [0, 0.1) is 13.8 Å². The Morgan fingerprint density at radius 3 is 2.33 bits per heavy atom. The van der Waals surface area contributed by atoms with E-state index in [1.54, 1.807) is 24.3 Å². The van der Waals surface area contributed by atoms with Crippen LogP contribution >= 0.6 is 0 Å². The number of carbonyl (C=O) groups excluding carboxylic acids is 2. The molecule has 0 aliphatic carbocycles. The van der Waals surface area contributed by atoms with Gasteiger partial charge in [0.1, 0.15) is 0 Å². The Balaban J connectivity index is 1.55. The normalized spacial score (nSPS) is 11.1. The van der Waals surface area contributed by atoms with Crippen LogP contribution in [0.3, 0.4) is 0 Å². The van der Waals surface area contributed by atoms with Crippen LogP contribution in [0.1, 0.15) is 64.8 Å². The molecule has 2 aromatic heterocycles. The molecule has 0 aliphatic rings. The first kappa shape index (κ1) is 25.1. The molecule has 0 spiro atoms. The highest BCUT2D eigenvalue weighted by Gasteiger charge is 2.21. The molecule has 0 radical (unpaired) electrons. The number of para-hydroxylation sites is 1. The van der Waals surface area contributed by atoms with Crippen LogP contribution < -0.4 is 5.56 Å². The average molecular weight is 486 g/mol. The number of nitrogens with zero attached hydrogens (tertiary/aromatic N) is 3. The zero-order valence-corrected chi connectivity index (χ0v) is 21.0. The fourth-order valence-corrected chi connectivity index (χ4v) is 4.52. The number of fused-ring (bicyclic) bond motifs is 1. The standard InChI is InChI=1S/C29H31N3O4/c1-4-5-6-12-17-31-28(34)24-16-11-10-15-23(24)27(30-31)29(35)36-19-26(33)25-18-20(2)32(21(25)3)22-13-8-7-9-14-22/h7-11,13-16,18H,4-6,12,17,19H2,1-3H3. The molecule has 0 atom stereocenters. The van der Waals surface area contributed by atoms with Crippen LogP contribution in [0.25, 0.3) is 16.5 Å². The average Bonchev–Trinajstić information content (AvgIpc) is 3.20. The largest absolute Gasteiger partial charge is 0.452 e. The summed E-state index contributed by atoms with van der Waals surface area (Å²) in [7, 11) is 0. The Labute approximate surface area is 210 Å². The van der Waals surface area contributed by atoms with Crippen LogP contribution in [0.5, 0.6) is 0 Å². The fraction of sp³-hybridized carbons (Fsp3) is 0.310. The van der Waals surface area contributed by atoms with Gasteiger partial charge in [-0.3, -0.25) is 9.59 Å². The van der Waals surface area contributed by atoms with E-state index in [9.17, 15) is 14.4 Å². The van der Waals surface area contributed by atoms with Gasteiger partial charge in [-0.05, 0) is 44.5 Å². The molecular formula is C29H31N3O4. The van der Waals surface area contributed by atoms with Crippen molar-refractivity contribution in [1.82, 2.24) is 14.3 Å². The van der Waals surface area contributed by atoms with Crippen molar-refractivity contribution >= 4 is 22.5 Å². The maximum absolute atomic E-state index is 13.1. The summed E-state index contributed by atoms with van der Waals surface area (Å²) >= 11 is 0. The van der Waals surface area contributed by atoms with Crippen molar-refractivity contribution in [2.24, 2.45) is 0 Å².